The van der Waals surface area contributed by atoms with Crippen LogP contribution in [0.4, 0.5) is 0 Å². The van der Waals surface area contributed by atoms with Crippen molar-refractivity contribution in [2.45, 2.75) is 6.42 Å². The molecule has 0 aliphatic rings. The number of hydrogen-bond acceptors (Lipinski definition) is 4. The molecule has 1 N–H and O–H groups in total. The Morgan fingerprint density at radius 2 is 2.00 bits per heavy atom. The Kier molecular flexibility index (Phi) is 5.00. The standard InChI is InChI=1S/C12H15NO4/c1-13-11(14)8-17-12(15)7-9-5-3-4-6-10(9)16-2/h3-6H,7-8H2,1-2H3,(H,13,14). The van der Waals surface area contributed by atoms with E-state index in [4.69, 9.17) is 9.47 Å². The second-order valence-electron chi connectivity index (χ2n) is 3.32. The van der Waals surface area contributed by atoms with Crippen LogP contribution in [-0.2, 0) is 20.7 Å². The molecule has 5 heteroatoms. The average molecular weight is 237 g/mol. The topological polar surface area (TPSA) is 64.6 Å². The molecule has 0 aliphatic heterocycles. The third-order valence-electron chi connectivity index (χ3n) is 2.17. The molecular weight excluding hydrogens is 222 g/mol. The highest BCUT2D eigenvalue weighted by Crippen LogP contribution is 2.17. The van der Waals surface area contributed by atoms with Crippen molar-refractivity contribution >= 4 is 11.9 Å². The molecular formula is C12H15NO4. The second kappa shape index (κ2) is 6.52. The Morgan fingerprint density at radius 1 is 1.29 bits per heavy atom. The van der Waals surface area contributed by atoms with Crippen molar-refractivity contribution in [1.82, 2.24) is 5.32 Å². The lowest BCUT2D eigenvalue weighted by molar-refractivity contribution is -0.147. The van der Waals surface area contributed by atoms with E-state index in [-0.39, 0.29) is 18.9 Å². The van der Waals surface area contributed by atoms with Gasteiger partial charge in [-0.1, -0.05) is 18.2 Å². The van der Waals surface area contributed by atoms with Crippen LogP contribution in [0.2, 0.25) is 0 Å². The number of hydrogen-bond donors (Lipinski definition) is 1. The molecule has 0 saturated heterocycles. The first-order valence-corrected chi connectivity index (χ1v) is 5.15. The monoisotopic (exact) mass is 237 g/mol. The Bertz CT molecular complexity index is 403. The van der Waals surface area contributed by atoms with Gasteiger partial charge in [0.15, 0.2) is 6.61 Å². The lowest BCUT2D eigenvalue weighted by Gasteiger charge is -2.07. The van der Waals surface area contributed by atoms with Gasteiger partial charge >= 0.3 is 5.97 Å². The zero-order valence-electron chi connectivity index (χ0n) is 9.86. The van der Waals surface area contributed by atoms with Gasteiger partial charge in [-0.15, -0.1) is 0 Å². The molecule has 0 bridgehead atoms. The molecule has 5 nitrogen and oxygen atoms in total. The first-order valence-electron chi connectivity index (χ1n) is 5.15. The highest BCUT2D eigenvalue weighted by molar-refractivity contribution is 5.81. The van der Waals surface area contributed by atoms with E-state index in [0.29, 0.717) is 5.75 Å². The fourth-order valence-corrected chi connectivity index (χ4v) is 1.27. The van der Waals surface area contributed by atoms with Crippen LogP contribution in [0.3, 0.4) is 0 Å². The molecule has 0 spiro atoms. The molecule has 17 heavy (non-hydrogen) atoms. The van der Waals surface area contributed by atoms with Gasteiger partial charge in [0.2, 0.25) is 0 Å². The van der Waals surface area contributed by atoms with Gasteiger partial charge in [-0.05, 0) is 6.07 Å². The van der Waals surface area contributed by atoms with Crippen molar-refractivity contribution in [2.24, 2.45) is 0 Å². The minimum absolute atomic E-state index is 0.0843. The largest absolute Gasteiger partial charge is 0.496 e. The Labute approximate surface area is 99.7 Å². The van der Waals surface area contributed by atoms with Gasteiger partial charge in [0.25, 0.3) is 5.91 Å². The molecule has 0 heterocycles. The van der Waals surface area contributed by atoms with Gasteiger partial charge in [-0.3, -0.25) is 9.59 Å². The van der Waals surface area contributed by atoms with E-state index in [1.165, 1.54) is 14.2 Å². The van der Waals surface area contributed by atoms with Crippen molar-refractivity contribution in [1.29, 1.82) is 0 Å². The minimum Gasteiger partial charge on any atom is -0.496 e. The molecule has 0 aliphatic carbocycles. The molecule has 0 atom stereocenters. The van der Waals surface area contributed by atoms with Crippen LogP contribution in [-0.4, -0.2) is 32.6 Å². The first-order chi connectivity index (χ1) is 8.17. The summed E-state index contributed by atoms with van der Waals surface area (Å²) in [7, 11) is 3.02. The van der Waals surface area contributed by atoms with Crippen molar-refractivity contribution in [3.8, 4) is 5.75 Å². The highest BCUT2D eigenvalue weighted by Gasteiger charge is 2.10. The van der Waals surface area contributed by atoms with E-state index in [0.717, 1.165) is 5.56 Å². The van der Waals surface area contributed by atoms with Crippen LogP contribution >= 0.6 is 0 Å². The van der Waals surface area contributed by atoms with Gasteiger partial charge in [0.1, 0.15) is 5.75 Å². The summed E-state index contributed by atoms with van der Waals surface area (Å²) in [5.74, 6) is -0.166. The Morgan fingerprint density at radius 3 is 2.65 bits per heavy atom. The average Bonchev–Trinajstić information content (AvgIpc) is 2.36. The zero-order valence-corrected chi connectivity index (χ0v) is 9.86. The number of carbonyl (C=O) groups is 2. The van der Waals surface area contributed by atoms with Gasteiger partial charge < -0.3 is 14.8 Å². The van der Waals surface area contributed by atoms with Crippen LogP contribution in [0.1, 0.15) is 5.56 Å². The molecule has 1 aromatic carbocycles. The number of rotatable bonds is 5. The highest BCUT2D eigenvalue weighted by atomic mass is 16.5. The number of para-hydroxylation sites is 1. The third-order valence-corrected chi connectivity index (χ3v) is 2.17. The van der Waals surface area contributed by atoms with Crippen molar-refractivity contribution in [2.75, 3.05) is 20.8 Å². The number of benzene rings is 1. The summed E-state index contributed by atoms with van der Waals surface area (Å²) in [5.41, 5.74) is 0.733. The molecule has 1 aromatic rings. The fourth-order valence-electron chi connectivity index (χ4n) is 1.27. The lowest BCUT2D eigenvalue weighted by Crippen LogP contribution is -2.25. The molecule has 92 valence electrons. The van der Waals surface area contributed by atoms with E-state index >= 15 is 0 Å². The molecule has 1 rings (SSSR count). The normalized spacial score (nSPS) is 9.53. The van der Waals surface area contributed by atoms with Gasteiger partial charge in [-0.25, -0.2) is 0 Å². The number of carbonyl (C=O) groups excluding carboxylic acids is 2. The first kappa shape index (κ1) is 13.0. The SMILES string of the molecule is CNC(=O)COC(=O)Cc1ccccc1OC. The number of amides is 1. The molecule has 1 amide bonds. The number of ether oxygens (including phenoxy) is 2. The number of likely N-dealkylation sites (N-methyl/N-ethyl adjacent to an activating group) is 1. The van der Waals surface area contributed by atoms with Crippen molar-refractivity contribution in [3.05, 3.63) is 29.8 Å². The number of methoxy groups -OCH3 is 1. The zero-order chi connectivity index (χ0) is 12.7. The maximum absolute atomic E-state index is 11.4. The van der Waals surface area contributed by atoms with E-state index < -0.39 is 5.97 Å². The summed E-state index contributed by atoms with van der Waals surface area (Å²) < 4.78 is 9.90. The molecule has 0 radical (unpaired) electrons. The quantitative estimate of drug-likeness (QED) is 0.758. The summed E-state index contributed by atoms with van der Waals surface area (Å²) in [6, 6.07) is 7.17. The van der Waals surface area contributed by atoms with E-state index in [1.807, 2.05) is 12.1 Å². The van der Waals surface area contributed by atoms with Crippen LogP contribution in [0, 0.1) is 0 Å². The second-order valence-corrected chi connectivity index (χ2v) is 3.32. The summed E-state index contributed by atoms with van der Waals surface area (Å²) >= 11 is 0. The Balaban J connectivity index is 2.53. The maximum Gasteiger partial charge on any atom is 0.310 e. The smallest absolute Gasteiger partial charge is 0.310 e. The minimum atomic E-state index is -0.460. The van der Waals surface area contributed by atoms with Crippen LogP contribution in [0.15, 0.2) is 24.3 Å². The van der Waals surface area contributed by atoms with Gasteiger partial charge in [-0.2, -0.15) is 0 Å². The lowest BCUT2D eigenvalue weighted by atomic mass is 10.1. The van der Waals surface area contributed by atoms with E-state index in [2.05, 4.69) is 5.32 Å². The van der Waals surface area contributed by atoms with E-state index in [9.17, 15) is 9.59 Å². The summed E-state index contributed by atoms with van der Waals surface area (Å²) in [6.45, 7) is -0.259. The molecule has 0 unspecified atom stereocenters. The predicted octanol–water partition coefficient (Wildman–Crippen LogP) is 0.527. The molecule has 0 saturated carbocycles. The van der Waals surface area contributed by atoms with Crippen LogP contribution in [0.25, 0.3) is 0 Å². The summed E-state index contributed by atoms with van der Waals surface area (Å²) in [5, 5.41) is 2.37. The summed E-state index contributed by atoms with van der Waals surface area (Å²) in [4.78, 5) is 22.3. The van der Waals surface area contributed by atoms with Crippen molar-refractivity contribution < 1.29 is 19.1 Å². The van der Waals surface area contributed by atoms with Crippen LogP contribution in [0.5, 0.6) is 5.75 Å². The summed E-state index contributed by atoms with van der Waals surface area (Å²) in [6.07, 6.45) is 0.0843. The van der Waals surface area contributed by atoms with Crippen molar-refractivity contribution in [3.63, 3.8) is 0 Å². The third kappa shape index (κ3) is 4.14. The van der Waals surface area contributed by atoms with E-state index in [1.54, 1.807) is 12.1 Å². The van der Waals surface area contributed by atoms with Gasteiger partial charge in [0, 0.05) is 12.6 Å². The Hall–Kier alpha value is -2.04. The molecule has 0 fully saturated rings. The maximum atomic E-state index is 11.4. The fraction of sp³-hybridized carbons (Fsp3) is 0.333. The number of esters is 1. The van der Waals surface area contributed by atoms with Gasteiger partial charge in [0.05, 0.1) is 13.5 Å². The van der Waals surface area contributed by atoms with Crippen LogP contribution < -0.4 is 10.1 Å². The molecule has 0 aromatic heterocycles. The predicted molar refractivity (Wildman–Crippen MR) is 61.7 cm³/mol. The number of nitrogens with one attached hydrogen (secondary N) is 1.